The minimum absolute atomic E-state index is 0.203. The van der Waals surface area contributed by atoms with Gasteiger partial charge in [-0.3, -0.25) is 0 Å². The van der Waals surface area contributed by atoms with Crippen LogP contribution in [0.2, 0.25) is 0 Å². The molecule has 1 aliphatic heterocycles. The van der Waals surface area contributed by atoms with Crippen LogP contribution in [0.25, 0.3) is 0 Å². The molecule has 7 heteroatoms. The lowest BCUT2D eigenvalue weighted by Crippen LogP contribution is -2.42. The fourth-order valence-corrected chi connectivity index (χ4v) is 3.36. The van der Waals surface area contributed by atoms with Crippen LogP contribution in [0, 0.1) is 0 Å². The predicted molar refractivity (Wildman–Crippen MR) is 91.7 cm³/mol. The van der Waals surface area contributed by atoms with Gasteiger partial charge in [0, 0.05) is 32.1 Å². The Morgan fingerprint density at radius 2 is 2.00 bits per heavy atom. The molecular formula is C16H31NO5S. The van der Waals surface area contributed by atoms with Crippen molar-refractivity contribution in [1.29, 1.82) is 0 Å². The standard InChI is InChI=1S/C16H31NO5S/c1-16(2,3)22-15(19)17-8-6-13(7-9-17)23-11-5-10-21-12-14(18)20-4/h13-14,18H,5-12H2,1-4H3. The van der Waals surface area contributed by atoms with E-state index in [1.54, 1.807) is 4.90 Å². The molecule has 1 saturated heterocycles. The Morgan fingerprint density at radius 3 is 2.57 bits per heavy atom. The van der Waals surface area contributed by atoms with Gasteiger partial charge in [0.2, 0.25) is 0 Å². The molecule has 23 heavy (non-hydrogen) atoms. The number of carbonyl (C=O) groups is 1. The van der Waals surface area contributed by atoms with E-state index in [-0.39, 0.29) is 12.7 Å². The van der Waals surface area contributed by atoms with Crippen LogP contribution in [-0.4, -0.2) is 72.4 Å². The Kier molecular flexibility index (Phi) is 9.27. The van der Waals surface area contributed by atoms with Gasteiger partial charge in [0.25, 0.3) is 0 Å². The van der Waals surface area contributed by atoms with E-state index in [2.05, 4.69) is 0 Å². The Morgan fingerprint density at radius 1 is 1.35 bits per heavy atom. The molecule has 0 aromatic carbocycles. The molecule has 1 unspecified atom stereocenters. The second kappa shape index (κ2) is 10.4. The van der Waals surface area contributed by atoms with Crippen molar-refractivity contribution < 1.29 is 24.1 Å². The normalized spacial score (nSPS) is 18.0. The lowest BCUT2D eigenvalue weighted by molar-refractivity contribution is -0.118. The maximum absolute atomic E-state index is 12.0. The zero-order valence-corrected chi connectivity index (χ0v) is 15.6. The lowest BCUT2D eigenvalue weighted by atomic mass is 10.1. The van der Waals surface area contributed by atoms with Gasteiger partial charge in [-0.15, -0.1) is 0 Å². The van der Waals surface area contributed by atoms with E-state index in [1.165, 1.54) is 7.11 Å². The first-order valence-corrected chi connectivity index (χ1v) is 9.25. The summed E-state index contributed by atoms with van der Waals surface area (Å²) in [6.45, 7) is 8.05. The number of piperidine rings is 1. The zero-order valence-electron chi connectivity index (χ0n) is 14.7. The van der Waals surface area contributed by atoms with Crippen LogP contribution in [0.3, 0.4) is 0 Å². The fraction of sp³-hybridized carbons (Fsp3) is 0.938. The minimum Gasteiger partial charge on any atom is -0.444 e. The molecule has 1 amide bonds. The number of amides is 1. The van der Waals surface area contributed by atoms with Crippen LogP contribution in [0.1, 0.15) is 40.0 Å². The van der Waals surface area contributed by atoms with Gasteiger partial charge in [0.05, 0.1) is 6.61 Å². The second-order valence-corrected chi connectivity index (χ2v) is 8.06. The number of aliphatic hydroxyl groups excluding tert-OH is 1. The molecule has 1 rings (SSSR count). The van der Waals surface area contributed by atoms with Crippen molar-refractivity contribution in [2.45, 2.75) is 57.2 Å². The van der Waals surface area contributed by atoms with Crippen LogP contribution in [-0.2, 0) is 14.2 Å². The Bertz CT molecular complexity index is 340. The fourth-order valence-electron chi connectivity index (χ4n) is 2.19. The number of thioether (sulfide) groups is 1. The Balaban J connectivity index is 2.07. The van der Waals surface area contributed by atoms with E-state index in [0.29, 0.717) is 11.9 Å². The number of carbonyl (C=O) groups excluding carboxylic acids is 1. The first kappa shape index (κ1) is 20.5. The largest absolute Gasteiger partial charge is 0.444 e. The van der Waals surface area contributed by atoms with Gasteiger partial charge in [-0.2, -0.15) is 11.8 Å². The van der Waals surface area contributed by atoms with Crippen LogP contribution >= 0.6 is 11.8 Å². The summed E-state index contributed by atoms with van der Waals surface area (Å²) in [5.74, 6) is 1.03. The van der Waals surface area contributed by atoms with E-state index in [0.717, 1.165) is 38.1 Å². The first-order chi connectivity index (χ1) is 10.8. The average molecular weight is 349 g/mol. The van der Waals surface area contributed by atoms with Crippen molar-refractivity contribution in [3.63, 3.8) is 0 Å². The Labute approximate surface area is 143 Å². The van der Waals surface area contributed by atoms with Crippen LogP contribution in [0.15, 0.2) is 0 Å². The summed E-state index contributed by atoms with van der Waals surface area (Å²) in [7, 11) is 1.45. The Hall–Kier alpha value is -0.500. The lowest BCUT2D eigenvalue weighted by Gasteiger charge is -2.33. The van der Waals surface area contributed by atoms with Crippen molar-refractivity contribution in [1.82, 2.24) is 4.90 Å². The number of aliphatic hydroxyl groups is 1. The van der Waals surface area contributed by atoms with Crippen molar-refractivity contribution in [3.05, 3.63) is 0 Å². The third-order valence-electron chi connectivity index (χ3n) is 3.41. The summed E-state index contributed by atoms with van der Waals surface area (Å²) in [6.07, 6.45) is 1.93. The molecule has 1 heterocycles. The smallest absolute Gasteiger partial charge is 0.410 e. The van der Waals surface area contributed by atoms with Crippen LogP contribution < -0.4 is 0 Å². The van der Waals surface area contributed by atoms with E-state index < -0.39 is 11.9 Å². The zero-order chi connectivity index (χ0) is 17.3. The van der Waals surface area contributed by atoms with Gasteiger partial charge in [-0.05, 0) is 45.8 Å². The van der Waals surface area contributed by atoms with Gasteiger partial charge >= 0.3 is 6.09 Å². The number of hydrogen-bond acceptors (Lipinski definition) is 6. The first-order valence-electron chi connectivity index (χ1n) is 8.20. The molecule has 136 valence electrons. The van der Waals surface area contributed by atoms with Crippen LogP contribution in [0.5, 0.6) is 0 Å². The summed E-state index contributed by atoms with van der Waals surface area (Å²) in [6, 6.07) is 0. The van der Waals surface area contributed by atoms with Crippen molar-refractivity contribution >= 4 is 17.9 Å². The van der Waals surface area contributed by atoms with E-state index in [1.807, 2.05) is 32.5 Å². The minimum atomic E-state index is -0.833. The summed E-state index contributed by atoms with van der Waals surface area (Å²) >= 11 is 1.94. The van der Waals surface area contributed by atoms with Gasteiger partial charge in [0.15, 0.2) is 6.29 Å². The molecule has 1 aliphatic rings. The number of hydrogen-bond donors (Lipinski definition) is 1. The number of methoxy groups -OCH3 is 1. The molecular weight excluding hydrogens is 318 g/mol. The van der Waals surface area contributed by atoms with E-state index >= 15 is 0 Å². The maximum Gasteiger partial charge on any atom is 0.410 e. The molecule has 0 bridgehead atoms. The monoisotopic (exact) mass is 349 g/mol. The predicted octanol–water partition coefficient (Wildman–Crippen LogP) is 2.49. The summed E-state index contributed by atoms with van der Waals surface area (Å²) in [5.41, 5.74) is -0.431. The van der Waals surface area contributed by atoms with Gasteiger partial charge < -0.3 is 24.2 Å². The molecule has 1 fully saturated rings. The number of likely N-dealkylation sites (tertiary alicyclic amines) is 1. The topological polar surface area (TPSA) is 68.2 Å². The molecule has 1 atom stereocenters. The third-order valence-corrected chi connectivity index (χ3v) is 4.88. The summed E-state index contributed by atoms with van der Waals surface area (Å²) in [5, 5.41) is 9.76. The number of ether oxygens (including phenoxy) is 3. The van der Waals surface area contributed by atoms with Crippen molar-refractivity contribution in [2.75, 3.05) is 39.2 Å². The quantitative estimate of drug-likeness (QED) is 0.536. The average Bonchev–Trinajstić information content (AvgIpc) is 2.49. The molecule has 0 aromatic rings. The molecule has 0 saturated carbocycles. The van der Waals surface area contributed by atoms with Crippen molar-refractivity contribution in [2.24, 2.45) is 0 Å². The molecule has 0 radical (unpaired) electrons. The molecule has 0 aromatic heterocycles. The summed E-state index contributed by atoms with van der Waals surface area (Å²) in [4.78, 5) is 13.8. The highest BCUT2D eigenvalue weighted by Crippen LogP contribution is 2.25. The highest BCUT2D eigenvalue weighted by molar-refractivity contribution is 7.99. The third kappa shape index (κ3) is 9.39. The highest BCUT2D eigenvalue weighted by Gasteiger charge is 2.26. The SMILES string of the molecule is COC(O)COCCCSC1CCN(C(=O)OC(C)(C)C)CC1. The van der Waals surface area contributed by atoms with Gasteiger partial charge in [-0.1, -0.05) is 0 Å². The van der Waals surface area contributed by atoms with Crippen LogP contribution in [0.4, 0.5) is 4.79 Å². The maximum atomic E-state index is 12.0. The number of nitrogens with zero attached hydrogens (tertiary/aromatic N) is 1. The molecule has 0 aliphatic carbocycles. The van der Waals surface area contributed by atoms with Gasteiger partial charge in [0.1, 0.15) is 5.60 Å². The summed E-state index contributed by atoms with van der Waals surface area (Å²) < 4.78 is 15.4. The molecule has 1 N–H and O–H groups in total. The highest BCUT2D eigenvalue weighted by atomic mass is 32.2. The molecule has 0 spiro atoms. The van der Waals surface area contributed by atoms with E-state index in [4.69, 9.17) is 19.3 Å². The van der Waals surface area contributed by atoms with Gasteiger partial charge in [-0.25, -0.2) is 4.79 Å². The van der Waals surface area contributed by atoms with E-state index in [9.17, 15) is 4.79 Å². The van der Waals surface area contributed by atoms with Crippen molar-refractivity contribution in [3.8, 4) is 0 Å². The molecule has 6 nitrogen and oxygen atoms in total. The second-order valence-electron chi connectivity index (χ2n) is 6.66. The number of rotatable bonds is 8.